The number of nitrogens with zero attached hydrogens (tertiary/aromatic N) is 2. The van der Waals surface area contributed by atoms with Crippen molar-refractivity contribution in [3.63, 3.8) is 0 Å². The third kappa shape index (κ3) is 3.29. The molecule has 3 aliphatic rings. The van der Waals surface area contributed by atoms with Crippen LogP contribution < -0.4 is 0 Å². The van der Waals surface area contributed by atoms with E-state index in [9.17, 15) is 18.0 Å². The quantitative estimate of drug-likeness (QED) is 0.730. The molecule has 0 N–H and O–H groups in total. The molecule has 2 aliphatic heterocycles. The van der Waals surface area contributed by atoms with Gasteiger partial charge in [0.2, 0.25) is 11.8 Å². The van der Waals surface area contributed by atoms with E-state index in [2.05, 4.69) is 0 Å². The highest BCUT2D eigenvalue weighted by Gasteiger charge is 2.37. The van der Waals surface area contributed by atoms with Crippen LogP contribution in [0.4, 0.5) is 0 Å². The smallest absolute Gasteiger partial charge is 0.226 e. The van der Waals surface area contributed by atoms with Crippen LogP contribution >= 0.6 is 0 Å². The number of piperazine rings is 1. The molecule has 7 heteroatoms. The second-order valence-electron chi connectivity index (χ2n) is 6.73. The Labute approximate surface area is 131 Å². The summed E-state index contributed by atoms with van der Waals surface area (Å²) in [5, 5.41) is 0. The highest BCUT2D eigenvalue weighted by atomic mass is 32.2. The zero-order valence-corrected chi connectivity index (χ0v) is 13.7. The Morgan fingerprint density at radius 3 is 1.73 bits per heavy atom. The normalized spacial score (nSPS) is 29.0. The van der Waals surface area contributed by atoms with E-state index in [1.165, 1.54) is 0 Å². The number of carbonyl (C=O) groups excluding carboxylic acids is 2. The van der Waals surface area contributed by atoms with Gasteiger partial charge in [0, 0.05) is 32.1 Å². The number of sulfone groups is 1. The summed E-state index contributed by atoms with van der Waals surface area (Å²) in [6.07, 6.45) is 4.73. The first-order chi connectivity index (χ1) is 10.5. The minimum atomic E-state index is -3.03. The van der Waals surface area contributed by atoms with Gasteiger partial charge in [0.05, 0.1) is 17.4 Å². The lowest BCUT2D eigenvalue weighted by molar-refractivity contribution is -0.143. The van der Waals surface area contributed by atoms with E-state index in [4.69, 9.17) is 0 Å². The highest BCUT2D eigenvalue weighted by Crippen LogP contribution is 2.27. The second-order valence-corrected chi connectivity index (χ2v) is 8.96. The first-order valence-electron chi connectivity index (χ1n) is 8.24. The van der Waals surface area contributed by atoms with Crippen molar-refractivity contribution in [3.8, 4) is 0 Å². The SMILES string of the molecule is O=C(C1CCCC1)N1CCN(C(=O)C2CCS(=O)(=O)C2)CC1. The van der Waals surface area contributed by atoms with Crippen LogP contribution in [0.1, 0.15) is 32.1 Å². The van der Waals surface area contributed by atoms with E-state index in [-0.39, 0.29) is 35.2 Å². The predicted octanol–water partition coefficient (Wildman–Crippen LogP) is 0.282. The molecule has 0 aromatic heterocycles. The van der Waals surface area contributed by atoms with Gasteiger partial charge in [-0.1, -0.05) is 12.8 Å². The van der Waals surface area contributed by atoms with Gasteiger partial charge in [-0.25, -0.2) is 8.42 Å². The molecular weight excluding hydrogens is 304 g/mol. The Morgan fingerprint density at radius 1 is 0.773 bits per heavy atom. The Hall–Kier alpha value is -1.11. The first kappa shape index (κ1) is 15.8. The average Bonchev–Trinajstić information content (AvgIpc) is 3.15. The summed E-state index contributed by atoms with van der Waals surface area (Å²) in [6.45, 7) is 2.24. The molecule has 2 amide bonds. The molecule has 3 rings (SSSR count). The zero-order valence-electron chi connectivity index (χ0n) is 12.9. The second kappa shape index (κ2) is 6.18. The van der Waals surface area contributed by atoms with Crippen LogP contribution in [0.25, 0.3) is 0 Å². The van der Waals surface area contributed by atoms with Crippen LogP contribution in [0.15, 0.2) is 0 Å². The summed E-state index contributed by atoms with van der Waals surface area (Å²) < 4.78 is 23.0. The molecule has 2 heterocycles. The van der Waals surface area contributed by atoms with E-state index >= 15 is 0 Å². The van der Waals surface area contributed by atoms with Crippen LogP contribution in [0, 0.1) is 11.8 Å². The Morgan fingerprint density at radius 2 is 1.27 bits per heavy atom. The van der Waals surface area contributed by atoms with Crippen molar-refractivity contribution in [2.24, 2.45) is 11.8 Å². The topological polar surface area (TPSA) is 74.8 Å². The fraction of sp³-hybridized carbons (Fsp3) is 0.867. The molecule has 1 saturated carbocycles. The van der Waals surface area contributed by atoms with E-state index in [1.54, 1.807) is 4.90 Å². The largest absolute Gasteiger partial charge is 0.339 e. The molecule has 0 aromatic carbocycles. The first-order valence-corrected chi connectivity index (χ1v) is 10.1. The van der Waals surface area contributed by atoms with E-state index < -0.39 is 9.84 Å². The molecule has 1 aliphatic carbocycles. The lowest BCUT2D eigenvalue weighted by atomic mass is 10.1. The van der Waals surface area contributed by atoms with E-state index in [1.807, 2.05) is 4.90 Å². The van der Waals surface area contributed by atoms with Crippen LogP contribution in [-0.4, -0.2) is 67.7 Å². The van der Waals surface area contributed by atoms with Crippen LogP contribution in [0.5, 0.6) is 0 Å². The molecular formula is C15H24N2O4S. The molecule has 0 spiro atoms. The molecule has 6 nitrogen and oxygen atoms in total. The van der Waals surface area contributed by atoms with Crippen molar-refractivity contribution >= 4 is 21.7 Å². The van der Waals surface area contributed by atoms with Gasteiger partial charge < -0.3 is 9.80 Å². The van der Waals surface area contributed by atoms with Crippen molar-refractivity contribution < 1.29 is 18.0 Å². The predicted molar refractivity (Wildman–Crippen MR) is 81.9 cm³/mol. The highest BCUT2D eigenvalue weighted by molar-refractivity contribution is 7.91. The minimum Gasteiger partial charge on any atom is -0.339 e. The van der Waals surface area contributed by atoms with Crippen molar-refractivity contribution in [2.45, 2.75) is 32.1 Å². The molecule has 2 saturated heterocycles. The summed E-state index contributed by atoms with van der Waals surface area (Å²) >= 11 is 0. The van der Waals surface area contributed by atoms with Gasteiger partial charge in [-0.15, -0.1) is 0 Å². The van der Waals surface area contributed by atoms with Gasteiger partial charge in [0.25, 0.3) is 0 Å². The maximum absolute atomic E-state index is 12.4. The molecule has 1 unspecified atom stereocenters. The Balaban J connectivity index is 1.51. The van der Waals surface area contributed by atoms with Gasteiger partial charge >= 0.3 is 0 Å². The molecule has 0 radical (unpaired) electrons. The summed E-state index contributed by atoms with van der Waals surface area (Å²) in [7, 11) is -3.03. The van der Waals surface area contributed by atoms with Crippen molar-refractivity contribution in [1.82, 2.24) is 9.80 Å². The summed E-state index contributed by atoms with van der Waals surface area (Å²) in [6, 6.07) is 0. The molecule has 124 valence electrons. The molecule has 0 aromatic rings. The van der Waals surface area contributed by atoms with E-state index in [0.29, 0.717) is 32.6 Å². The Kier molecular flexibility index (Phi) is 4.43. The molecule has 3 fully saturated rings. The Bertz CT molecular complexity index is 546. The van der Waals surface area contributed by atoms with Gasteiger partial charge in [-0.05, 0) is 19.3 Å². The standard InChI is InChI=1S/C15H24N2O4S/c18-14(12-3-1-2-4-12)16-6-8-17(9-7-16)15(19)13-5-10-22(20,21)11-13/h12-13H,1-11H2. The third-order valence-corrected chi connectivity index (χ3v) is 6.96. The lowest BCUT2D eigenvalue weighted by Gasteiger charge is -2.37. The number of hydrogen-bond donors (Lipinski definition) is 0. The van der Waals surface area contributed by atoms with Crippen LogP contribution in [0.2, 0.25) is 0 Å². The van der Waals surface area contributed by atoms with Gasteiger partial charge in [0.15, 0.2) is 9.84 Å². The fourth-order valence-corrected chi connectivity index (χ4v) is 5.56. The third-order valence-electron chi connectivity index (χ3n) is 5.19. The molecule has 0 bridgehead atoms. The van der Waals surface area contributed by atoms with Gasteiger partial charge in [-0.2, -0.15) is 0 Å². The minimum absolute atomic E-state index is 0.00689. The van der Waals surface area contributed by atoms with Crippen LogP contribution in [0.3, 0.4) is 0 Å². The zero-order chi connectivity index (χ0) is 15.7. The lowest BCUT2D eigenvalue weighted by Crippen LogP contribution is -2.53. The van der Waals surface area contributed by atoms with Gasteiger partial charge in [0.1, 0.15) is 0 Å². The average molecular weight is 328 g/mol. The van der Waals surface area contributed by atoms with E-state index in [0.717, 1.165) is 25.7 Å². The van der Waals surface area contributed by atoms with Crippen molar-refractivity contribution in [2.75, 3.05) is 37.7 Å². The van der Waals surface area contributed by atoms with Crippen molar-refractivity contribution in [3.05, 3.63) is 0 Å². The summed E-state index contributed by atoms with van der Waals surface area (Å²) in [4.78, 5) is 28.4. The van der Waals surface area contributed by atoms with Crippen molar-refractivity contribution in [1.29, 1.82) is 0 Å². The number of hydrogen-bond acceptors (Lipinski definition) is 4. The number of carbonyl (C=O) groups is 2. The number of rotatable bonds is 2. The maximum atomic E-state index is 12.4. The molecule has 22 heavy (non-hydrogen) atoms. The van der Waals surface area contributed by atoms with Gasteiger partial charge in [-0.3, -0.25) is 9.59 Å². The monoisotopic (exact) mass is 328 g/mol. The summed E-state index contributed by atoms with van der Waals surface area (Å²) in [5.41, 5.74) is 0. The maximum Gasteiger partial charge on any atom is 0.226 e. The fourth-order valence-electron chi connectivity index (χ4n) is 3.83. The van der Waals surface area contributed by atoms with Crippen LogP contribution in [-0.2, 0) is 19.4 Å². The number of amides is 2. The summed E-state index contributed by atoms with van der Waals surface area (Å²) in [5.74, 6) is 0.128. The molecule has 1 atom stereocenters.